The largest absolute Gasteiger partial charge is 0.484 e. The van der Waals surface area contributed by atoms with Crippen LogP contribution in [0.4, 0.5) is 0 Å². The Labute approximate surface area is 106 Å². The highest BCUT2D eigenvalue weighted by atomic mass is 32.1. The van der Waals surface area contributed by atoms with Gasteiger partial charge in [0.05, 0.1) is 6.10 Å². The Kier molecular flexibility index (Phi) is 7.83. The third-order valence-corrected chi connectivity index (χ3v) is 3.48. The van der Waals surface area contributed by atoms with Crippen LogP contribution in [0.3, 0.4) is 0 Å². The van der Waals surface area contributed by atoms with Crippen LogP contribution in [-0.2, 0) is 4.74 Å². The Morgan fingerprint density at radius 1 is 0.812 bits per heavy atom. The lowest BCUT2D eigenvalue weighted by molar-refractivity contribution is 0.163. The van der Waals surface area contributed by atoms with Crippen molar-refractivity contribution in [3.63, 3.8) is 0 Å². The smallest absolute Gasteiger partial charge is 0.157 e. The van der Waals surface area contributed by atoms with Crippen LogP contribution in [0.1, 0.15) is 77.6 Å². The molecule has 0 aromatic rings. The van der Waals surface area contributed by atoms with Crippen LogP contribution in [0, 0.1) is 0 Å². The average molecular weight is 242 g/mol. The molecule has 0 aromatic heterocycles. The van der Waals surface area contributed by atoms with Gasteiger partial charge in [0.25, 0.3) is 0 Å². The SMILES string of the molecule is CC(=S)OC1CCCCCCCCCCC1. The van der Waals surface area contributed by atoms with Crippen molar-refractivity contribution in [3.8, 4) is 0 Å². The maximum Gasteiger partial charge on any atom is 0.157 e. The predicted molar refractivity (Wildman–Crippen MR) is 73.9 cm³/mol. The molecule has 1 aliphatic rings. The summed E-state index contributed by atoms with van der Waals surface area (Å²) < 4.78 is 5.73. The first-order valence-corrected chi connectivity index (χ1v) is 7.37. The van der Waals surface area contributed by atoms with Gasteiger partial charge in [-0.15, -0.1) is 0 Å². The summed E-state index contributed by atoms with van der Waals surface area (Å²) >= 11 is 5.04. The summed E-state index contributed by atoms with van der Waals surface area (Å²) in [5, 5.41) is 0.720. The van der Waals surface area contributed by atoms with E-state index < -0.39 is 0 Å². The second-order valence-electron chi connectivity index (χ2n) is 4.99. The molecule has 0 heterocycles. The molecule has 1 fully saturated rings. The van der Waals surface area contributed by atoms with E-state index in [0.29, 0.717) is 6.10 Å². The molecule has 0 amide bonds. The summed E-state index contributed by atoms with van der Waals surface area (Å²) in [7, 11) is 0. The molecule has 0 atom stereocenters. The molecule has 0 aliphatic heterocycles. The molecule has 1 aliphatic carbocycles. The molecule has 0 radical (unpaired) electrons. The van der Waals surface area contributed by atoms with Gasteiger partial charge in [0.15, 0.2) is 5.05 Å². The standard InChI is InChI=1S/C14H26OS/c1-13(16)15-14-11-9-7-5-3-2-4-6-8-10-12-14/h14H,2-12H2,1H3. The first-order chi connectivity index (χ1) is 7.79. The first kappa shape index (κ1) is 14.0. The normalized spacial score (nSPS) is 21.8. The van der Waals surface area contributed by atoms with Crippen LogP contribution in [-0.4, -0.2) is 11.2 Å². The van der Waals surface area contributed by atoms with Gasteiger partial charge in [-0.05, 0) is 37.9 Å². The topological polar surface area (TPSA) is 9.23 Å². The minimum atomic E-state index is 0.400. The summed E-state index contributed by atoms with van der Waals surface area (Å²) in [6.07, 6.45) is 15.3. The van der Waals surface area contributed by atoms with Gasteiger partial charge >= 0.3 is 0 Å². The molecular weight excluding hydrogens is 216 g/mol. The van der Waals surface area contributed by atoms with E-state index in [1.165, 1.54) is 70.6 Å². The molecule has 16 heavy (non-hydrogen) atoms. The van der Waals surface area contributed by atoms with Crippen LogP contribution in [0.25, 0.3) is 0 Å². The minimum Gasteiger partial charge on any atom is -0.484 e. The number of hydrogen-bond acceptors (Lipinski definition) is 2. The number of thiocarbonyl (C=S) groups is 1. The Bertz CT molecular complexity index is 179. The quantitative estimate of drug-likeness (QED) is 0.597. The van der Waals surface area contributed by atoms with E-state index in [4.69, 9.17) is 17.0 Å². The van der Waals surface area contributed by atoms with Crippen LogP contribution in [0.5, 0.6) is 0 Å². The second-order valence-corrected chi connectivity index (χ2v) is 5.57. The van der Waals surface area contributed by atoms with Gasteiger partial charge < -0.3 is 4.74 Å². The summed E-state index contributed by atoms with van der Waals surface area (Å²) in [5.74, 6) is 0. The molecule has 94 valence electrons. The molecule has 1 rings (SSSR count). The third kappa shape index (κ3) is 7.21. The van der Waals surface area contributed by atoms with E-state index >= 15 is 0 Å². The molecule has 0 bridgehead atoms. The van der Waals surface area contributed by atoms with Crippen LogP contribution in [0.2, 0.25) is 0 Å². The van der Waals surface area contributed by atoms with Crippen molar-refractivity contribution in [2.45, 2.75) is 83.7 Å². The minimum absolute atomic E-state index is 0.400. The highest BCUT2D eigenvalue weighted by Gasteiger charge is 2.10. The van der Waals surface area contributed by atoms with E-state index in [9.17, 15) is 0 Å². The molecule has 1 nitrogen and oxygen atoms in total. The summed E-state index contributed by atoms with van der Waals surface area (Å²) in [5.41, 5.74) is 0. The monoisotopic (exact) mass is 242 g/mol. The van der Waals surface area contributed by atoms with Crippen molar-refractivity contribution >= 4 is 17.3 Å². The lowest BCUT2D eigenvalue weighted by atomic mass is 9.99. The summed E-state index contributed by atoms with van der Waals surface area (Å²) in [6.45, 7) is 1.89. The molecule has 0 aromatic carbocycles. The fourth-order valence-corrected chi connectivity index (χ4v) is 2.61. The molecule has 1 saturated carbocycles. The van der Waals surface area contributed by atoms with Gasteiger partial charge in [-0.25, -0.2) is 0 Å². The summed E-state index contributed by atoms with van der Waals surface area (Å²) in [6, 6.07) is 0. The zero-order chi connectivity index (χ0) is 11.6. The van der Waals surface area contributed by atoms with Crippen molar-refractivity contribution < 1.29 is 4.74 Å². The van der Waals surface area contributed by atoms with E-state index in [0.717, 1.165) is 5.05 Å². The lowest BCUT2D eigenvalue weighted by Crippen LogP contribution is -2.15. The lowest BCUT2D eigenvalue weighted by Gasteiger charge is -2.18. The number of hydrogen-bond donors (Lipinski definition) is 0. The van der Waals surface area contributed by atoms with E-state index in [1.807, 2.05) is 6.92 Å². The van der Waals surface area contributed by atoms with Gasteiger partial charge in [-0.3, -0.25) is 0 Å². The Morgan fingerprint density at radius 2 is 1.19 bits per heavy atom. The maximum atomic E-state index is 5.73. The fourth-order valence-electron chi connectivity index (χ4n) is 2.48. The molecule has 0 saturated heterocycles. The van der Waals surface area contributed by atoms with Gasteiger partial charge in [-0.1, -0.05) is 44.9 Å². The highest BCUT2D eigenvalue weighted by Crippen LogP contribution is 2.18. The predicted octanol–water partition coefficient (Wildman–Crippen LogP) is 5.02. The third-order valence-electron chi connectivity index (χ3n) is 3.38. The van der Waals surface area contributed by atoms with E-state index in [-0.39, 0.29) is 0 Å². The van der Waals surface area contributed by atoms with E-state index in [1.54, 1.807) is 0 Å². The Morgan fingerprint density at radius 3 is 1.56 bits per heavy atom. The van der Waals surface area contributed by atoms with Crippen molar-refractivity contribution in [2.24, 2.45) is 0 Å². The van der Waals surface area contributed by atoms with Gasteiger partial charge in [0.2, 0.25) is 0 Å². The zero-order valence-corrected chi connectivity index (χ0v) is 11.5. The maximum absolute atomic E-state index is 5.73. The van der Waals surface area contributed by atoms with Crippen LogP contribution < -0.4 is 0 Å². The van der Waals surface area contributed by atoms with Crippen molar-refractivity contribution in [2.75, 3.05) is 0 Å². The fraction of sp³-hybridized carbons (Fsp3) is 0.929. The highest BCUT2D eigenvalue weighted by molar-refractivity contribution is 7.80. The zero-order valence-electron chi connectivity index (χ0n) is 10.7. The van der Waals surface area contributed by atoms with Crippen LogP contribution >= 0.6 is 12.2 Å². The molecule has 0 N–H and O–H groups in total. The Hall–Kier alpha value is -0.110. The van der Waals surface area contributed by atoms with Crippen molar-refractivity contribution in [3.05, 3.63) is 0 Å². The number of rotatable bonds is 1. The molecule has 0 unspecified atom stereocenters. The summed E-state index contributed by atoms with van der Waals surface area (Å²) in [4.78, 5) is 0. The molecule has 2 heteroatoms. The van der Waals surface area contributed by atoms with Gasteiger partial charge in [0.1, 0.15) is 0 Å². The molecule has 0 spiro atoms. The molecular formula is C14H26OS. The first-order valence-electron chi connectivity index (χ1n) is 6.96. The van der Waals surface area contributed by atoms with Crippen molar-refractivity contribution in [1.82, 2.24) is 0 Å². The van der Waals surface area contributed by atoms with Gasteiger partial charge in [0, 0.05) is 6.92 Å². The second kappa shape index (κ2) is 8.98. The average Bonchev–Trinajstić information content (AvgIpc) is 2.21. The van der Waals surface area contributed by atoms with Gasteiger partial charge in [-0.2, -0.15) is 0 Å². The Balaban J connectivity index is 2.27. The van der Waals surface area contributed by atoms with E-state index in [2.05, 4.69) is 0 Å². The number of ether oxygens (including phenoxy) is 1. The van der Waals surface area contributed by atoms with Crippen LogP contribution in [0.15, 0.2) is 0 Å². The van der Waals surface area contributed by atoms with Crippen molar-refractivity contribution in [1.29, 1.82) is 0 Å².